The van der Waals surface area contributed by atoms with Crippen LogP contribution in [0.2, 0.25) is 0 Å². The lowest BCUT2D eigenvalue weighted by Gasteiger charge is -2.37. The number of carbonyl (C=O) groups is 1. The van der Waals surface area contributed by atoms with Crippen molar-refractivity contribution < 1.29 is 13.2 Å². The molecule has 1 amide bonds. The minimum atomic E-state index is -3.56. The summed E-state index contributed by atoms with van der Waals surface area (Å²) in [4.78, 5) is 19.4. The second kappa shape index (κ2) is 11.1. The molecule has 2 aliphatic heterocycles. The minimum Gasteiger partial charge on any atom is -0.341 e. The summed E-state index contributed by atoms with van der Waals surface area (Å²) in [5.74, 6) is 0.106. The van der Waals surface area contributed by atoms with Crippen molar-refractivity contribution in [1.29, 1.82) is 0 Å². The highest BCUT2D eigenvalue weighted by Crippen LogP contribution is 2.38. The summed E-state index contributed by atoms with van der Waals surface area (Å²) < 4.78 is 27.8. The van der Waals surface area contributed by atoms with Gasteiger partial charge in [-0.05, 0) is 67.0 Å². The van der Waals surface area contributed by atoms with Crippen LogP contribution in [0, 0.1) is 13.8 Å². The number of carbonyl (C=O) groups excluding carboxylic acids is 1. The molecule has 1 unspecified atom stereocenters. The Morgan fingerprint density at radius 1 is 0.919 bits per heavy atom. The SMILES string of the molecule is Cc1ccc(S(=O)(=O)N2CCCN(C(=O)CCN3CCc4sccc4C3c3ccccc3C)CC2)cc1. The van der Waals surface area contributed by atoms with E-state index in [9.17, 15) is 13.2 Å². The van der Waals surface area contributed by atoms with Gasteiger partial charge in [0.15, 0.2) is 0 Å². The van der Waals surface area contributed by atoms with E-state index in [-0.39, 0.29) is 11.9 Å². The van der Waals surface area contributed by atoms with E-state index in [1.165, 1.54) is 25.9 Å². The number of hydrogen-bond donors (Lipinski definition) is 0. The Morgan fingerprint density at radius 3 is 2.49 bits per heavy atom. The monoisotopic (exact) mass is 537 g/mol. The maximum atomic E-state index is 13.3. The zero-order valence-corrected chi connectivity index (χ0v) is 23.2. The Hall–Kier alpha value is -2.52. The number of aryl methyl sites for hydroxylation is 2. The van der Waals surface area contributed by atoms with Gasteiger partial charge in [-0.15, -0.1) is 11.3 Å². The third-order valence-electron chi connectivity index (χ3n) is 7.63. The third kappa shape index (κ3) is 5.53. The topological polar surface area (TPSA) is 60.9 Å². The van der Waals surface area contributed by atoms with Crippen molar-refractivity contribution in [3.05, 3.63) is 87.1 Å². The summed E-state index contributed by atoms with van der Waals surface area (Å²) >= 11 is 1.83. The first-order valence-electron chi connectivity index (χ1n) is 13.0. The Balaban J connectivity index is 1.24. The smallest absolute Gasteiger partial charge is 0.243 e. The quantitative estimate of drug-likeness (QED) is 0.460. The van der Waals surface area contributed by atoms with E-state index < -0.39 is 10.0 Å². The molecule has 1 atom stereocenters. The van der Waals surface area contributed by atoms with Gasteiger partial charge in [0.25, 0.3) is 0 Å². The summed E-state index contributed by atoms with van der Waals surface area (Å²) in [5, 5.41) is 2.18. The number of hydrogen-bond acceptors (Lipinski definition) is 5. The van der Waals surface area contributed by atoms with Gasteiger partial charge < -0.3 is 4.90 Å². The molecule has 0 N–H and O–H groups in total. The summed E-state index contributed by atoms with van der Waals surface area (Å²) in [6.45, 7) is 7.51. The number of nitrogens with zero attached hydrogens (tertiary/aromatic N) is 3. The van der Waals surface area contributed by atoms with E-state index in [2.05, 4.69) is 47.5 Å². The van der Waals surface area contributed by atoms with Crippen molar-refractivity contribution in [2.45, 2.75) is 44.0 Å². The van der Waals surface area contributed by atoms with Crippen LogP contribution in [-0.2, 0) is 21.2 Å². The zero-order valence-electron chi connectivity index (χ0n) is 21.6. The molecular weight excluding hydrogens is 502 g/mol. The lowest BCUT2D eigenvalue weighted by Crippen LogP contribution is -2.41. The molecule has 8 heteroatoms. The van der Waals surface area contributed by atoms with Crippen molar-refractivity contribution in [3.8, 4) is 0 Å². The molecule has 3 heterocycles. The van der Waals surface area contributed by atoms with Crippen molar-refractivity contribution in [3.63, 3.8) is 0 Å². The van der Waals surface area contributed by atoms with Crippen molar-refractivity contribution >= 4 is 27.3 Å². The maximum absolute atomic E-state index is 13.3. The number of fused-ring (bicyclic) bond motifs is 1. The molecule has 0 bridgehead atoms. The van der Waals surface area contributed by atoms with Gasteiger partial charge in [0.1, 0.15) is 0 Å². The van der Waals surface area contributed by atoms with Crippen molar-refractivity contribution in [1.82, 2.24) is 14.1 Å². The van der Waals surface area contributed by atoms with Crippen LogP contribution in [-0.4, -0.2) is 67.7 Å². The van der Waals surface area contributed by atoms with Gasteiger partial charge >= 0.3 is 0 Å². The molecule has 1 fully saturated rings. The average molecular weight is 538 g/mol. The predicted molar refractivity (Wildman–Crippen MR) is 148 cm³/mol. The normalized spacial score (nSPS) is 19.4. The number of amides is 1. The predicted octanol–water partition coefficient (Wildman–Crippen LogP) is 4.63. The van der Waals surface area contributed by atoms with Crippen LogP contribution < -0.4 is 0 Å². The standard InChI is InChI=1S/C29H35N3O3S2/c1-22-8-10-24(11-9-22)37(34,35)32-16-5-15-30(19-20-32)28(33)13-18-31-17-12-27-26(14-21-36-27)29(31)25-7-4-3-6-23(25)2/h3-4,6-11,14,21,29H,5,12-13,15-20H2,1-2H3. The van der Waals surface area contributed by atoms with Crippen LogP contribution in [0.1, 0.15) is 46.0 Å². The number of benzene rings is 2. The molecule has 0 saturated carbocycles. The molecule has 3 aromatic rings. The Morgan fingerprint density at radius 2 is 1.70 bits per heavy atom. The second-order valence-corrected chi connectivity index (χ2v) is 13.0. The largest absolute Gasteiger partial charge is 0.341 e. The van der Waals surface area contributed by atoms with Gasteiger partial charge in [0, 0.05) is 50.6 Å². The van der Waals surface area contributed by atoms with Crippen molar-refractivity contribution in [2.24, 2.45) is 0 Å². The minimum absolute atomic E-state index is 0.106. The molecule has 1 saturated heterocycles. The molecular formula is C29H35N3O3S2. The van der Waals surface area contributed by atoms with Crippen LogP contribution in [0.5, 0.6) is 0 Å². The summed E-state index contributed by atoms with van der Waals surface area (Å²) in [5.41, 5.74) is 4.97. The van der Waals surface area contributed by atoms with Crippen LogP contribution >= 0.6 is 11.3 Å². The van der Waals surface area contributed by atoms with Gasteiger partial charge in [-0.2, -0.15) is 4.31 Å². The first-order valence-corrected chi connectivity index (χ1v) is 15.4. The molecule has 2 aliphatic rings. The van der Waals surface area contributed by atoms with E-state index in [1.807, 2.05) is 35.3 Å². The number of thiophene rings is 1. The van der Waals surface area contributed by atoms with E-state index >= 15 is 0 Å². The molecule has 0 spiro atoms. The zero-order chi connectivity index (χ0) is 26.0. The highest BCUT2D eigenvalue weighted by Gasteiger charge is 2.32. The summed E-state index contributed by atoms with van der Waals surface area (Å²) in [6.07, 6.45) is 2.09. The van der Waals surface area contributed by atoms with Gasteiger partial charge in [0.2, 0.25) is 15.9 Å². The lowest BCUT2D eigenvalue weighted by atomic mass is 9.90. The fourth-order valence-electron chi connectivity index (χ4n) is 5.51. The van der Waals surface area contributed by atoms with E-state index in [4.69, 9.17) is 0 Å². The molecule has 5 rings (SSSR count). The van der Waals surface area contributed by atoms with Gasteiger partial charge in [-0.25, -0.2) is 8.42 Å². The maximum Gasteiger partial charge on any atom is 0.243 e. The van der Waals surface area contributed by atoms with Crippen LogP contribution in [0.4, 0.5) is 0 Å². The van der Waals surface area contributed by atoms with Gasteiger partial charge in [-0.1, -0.05) is 42.0 Å². The van der Waals surface area contributed by atoms with E-state index in [0.29, 0.717) is 50.5 Å². The Bertz CT molecular complexity index is 1350. The first kappa shape index (κ1) is 26.1. The molecule has 1 aromatic heterocycles. The summed E-state index contributed by atoms with van der Waals surface area (Å²) in [7, 11) is -3.56. The van der Waals surface area contributed by atoms with Gasteiger partial charge in [-0.3, -0.25) is 9.69 Å². The highest BCUT2D eigenvalue weighted by atomic mass is 32.2. The number of rotatable bonds is 6. The average Bonchev–Trinajstić information content (AvgIpc) is 3.22. The Kier molecular flexibility index (Phi) is 7.81. The highest BCUT2D eigenvalue weighted by molar-refractivity contribution is 7.89. The fraction of sp³-hybridized carbons (Fsp3) is 0.414. The van der Waals surface area contributed by atoms with E-state index in [1.54, 1.807) is 12.1 Å². The van der Waals surface area contributed by atoms with Crippen LogP contribution in [0.25, 0.3) is 0 Å². The molecule has 0 aliphatic carbocycles. The van der Waals surface area contributed by atoms with Crippen LogP contribution in [0.3, 0.4) is 0 Å². The van der Waals surface area contributed by atoms with Crippen LogP contribution in [0.15, 0.2) is 64.9 Å². The molecule has 37 heavy (non-hydrogen) atoms. The number of sulfonamides is 1. The lowest BCUT2D eigenvalue weighted by molar-refractivity contribution is -0.131. The molecule has 196 valence electrons. The molecule has 2 aromatic carbocycles. The summed E-state index contributed by atoms with van der Waals surface area (Å²) in [6, 6.07) is 17.9. The third-order valence-corrected chi connectivity index (χ3v) is 10.5. The van der Waals surface area contributed by atoms with E-state index in [0.717, 1.165) is 18.5 Å². The Labute approximate surface area is 224 Å². The first-order chi connectivity index (χ1) is 17.8. The second-order valence-electron chi connectivity index (χ2n) is 10.0. The fourth-order valence-corrected chi connectivity index (χ4v) is 7.88. The van der Waals surface area contributed by atoms with Crippen molar-refractivity contribution in [2.75, 3.05) is 39.3 Å². The molecule has 6 nitrogen and oxygen atoms in total. The van der Waals surface area contributed by atoms with Gasteiger partial charge in [0.05, 0.1) is 10.9 Å². The molecule has 0 radical (unpaired) electrons.